The second kappa shape index (κ2) is 8.36. The minimum Gasteiger partial charge on any atom is -0.326 e. The zero-order valence-electron chi connectivity index (χ0n) is 15.7. The van der Waals surface area contributed by atoms with Crippen LogP contribution in [0.4, 0.5) is 11.4 Å². The molecular formula is C20H26N2O3S. The summed E-state index contributed by atoms with van der Waals surface area (Å²) in [5.74, 6) is -0.120. The summed E-state index contributed by atoms with van der Waals surface area (Å²) in [6, 6.07) is 13.3. The molecule has 2 aromatic carbocycles. The van der Waals surface area contributed by atoms with E-state index in [0.717, 1.165) is 22.4 Å². The largest absolute Gasteiger partial charge is 0.326 e. The SMILES string of the molecule is Cc1cccc(NC(=O)CCCN(c2cc(C)ccc2C)S(C)(=O)=O)c1. The van der Waals surface area contributed by atoms with Crippen LogP contribution in [-0.4, -0.2) is 27.1 Å². The molecule has 2 aromatic rings. The molecule has 6 heteroatoms. The van der Waals surface area contributed by atoms with Gasteiger partial charge in [0, 0.05) is 18.7 Å². The molecule has 0 unspecified atom stereocenters. The first kappa shape index (κ1) is 20.0. The van der Waals surface area contributed by atoms with Crippen molar-refractivity contribution < 1.29 is 13.2 Å². The fraction of sp³-hybridized carbons (Fsp3) is 0.350. The third kappa shape index (κ3) is 5.59. The van der Waals surface area contributed by atoms with Crippen LogP contribution in [0.15, 0.2) is 42.5 Å². The molecule has 26 heavy (non-hydrogen) atoms. The van der Waals surface area contributed by atoms with Crippen LogP contribution in [0.3, 0.4) is 0 Å². The molecule has 0 radical (unpaired) electrons. The van der Waals surface area contributed by atoms with Gasteiger partial charge in [-0.05, 0) is 62.1 Å². The van der Waals surface area contributed by atoms with Gasteiger partial charge in [0.25, 0.3) is 0 Å². The predicted molar refractivity (Wildman–Crippen MR) is 107 cm³/mol. The van der Waals surface area contributed by atoms with E-state index in [-0.39, 0.29) is 18.9 Å². The molecule has 0 aliphatic heterocycles. The van der Waals surface area contributed by atoms with Crippen LogP contribution in [0.25, 0.3) is 0 Å². The number of sulfonamides is 1. The number of amides is 1. The van der Waals surface area contributed by atoms with E-state index in [1.54, 1.807) is 0 Å². The van der Waals surface area contributed by atoms with Gasteiger partial charge in [0.1, 0.15) is 0 Å². The molecule has 0 fully saturated rings. The molecule has 1 amide bonds. The smallest absolute Gasteiger partial charge is 0.232 e. The molecular weight excluding hydrogens is 348 g/mol. The maximum absolute atomic E-state index is 12.2. The molecule has 0 spiro atoms. The lowest BCUT2D eigenvalue weighted by Gasteiger charge is -2.24. The Balaban J connectivity index is 2.02. The van der Waals surface area contributed by atoms with Gasteiger partial charge in [-0.2, -0.15) is 0 Å². The summed E-state index contributed by atoms with van der Waals surface area (Å²) in [6.07, 6.45) is 1.89. The van der Waals surface area contributed by atoms with Crippen LogP contribution in [0.5, 0.6) is 0 Å². The zero-order chi connectivity index (χ0) is 19.3. The minimum atomic E-state index is -3.42. The fourth-order valence-corrected chi connectivity index (χ4v) is 3.80. The topological polar surface area (TPSA) is 66.5 Å². The van der Waals surface area contributed by atoms with E-state index in [2.05, 4.69) is 5.32 Å². The fourth-order valence-electron chi connectivity index (χ4n) is 2.78. The number of hydrogen-bond donors (Lipinski definition) is 1. The third-order valence-electron chi connectivity index (χ3n) is 4.10. The quantitative estimate of drug-likeness (QED) is 0.802. The van der Waals surface area contributed by atoms with Gasteiger partial charge in [-0.15, -0.1) is 0 Å². The molecule has 5 nitrogen and oxygen atoms in total. The van der Waals surface area contributed by atoms with Crippen LogP contribution in [0, 0.1) is 20.8 Å². The maximum Gasteiger partial charge on any atom is 0.232 e. The lowest BCUT2D eigenvalue weighted by Crippen LogP contribution is -2.32. The molecule has 0 saturated heterocycles. The molecule has 0 saturated carbocycles. The molecule has 0 atom stereocenters. The Labute approximate surface area is 156 Å². The normalized spacial score (nSPS) is 11.2. The van der Waals surface area contributed by atoms with Crippen molar-refractivity contribution in [2.24, 2.45) is 0 Å². The Morgan fingerprint density at radius 1 is 1.04 bits per heavy atom. The molecule has 2 rings (SSSR count). The molecule has 0 aromatic heterocycles. The number of nitrogens with one attached hydrogen (secondary N) is 1. The van der Waals surface area contributed by atoms with Gasteiger partial charge >= 0.3 is 0 Å². The van der Waals surface area contributed by atoms with Crippen LogP contribution in [0.1, 0.15) is 29.5 Å². The highest BCUT2D eigenvalue weighted by molar-refractivity contribution is 7.92. The molecule has 0 bridgehead atoms. The Morgan fingerprint density at radius 3 is 2.38 bits per heavy atom. The average Bonchev–Trinajstić information content (AvgIpc) is 2.53. The Kier molecular flexibility index (Phi) is 6.42. The van der Waals surface area contributed by atoms with Crippen molar-refractivity contribution in [3.63, 3.8) is 0 Å². The Bertz CT molecular complexity index is 892. The Hall–Kier alpha value is -2.34. The number of nitrogens with zero attached hydrogens (tertiary/aromatic N) is 1. The second-order valence-electron chi connectivity index (χ2n) is 6.65. The number of rotatable bonds is 7. The van der Waals surface area contributed by atoms with Gasteiger partial charge < -0.3 is 5.32 Å². The first-order valence-corrected chi connectivity index (χ1v) is 10.4. The molecule has 0 aliphatic rings. The zero-order valence-corrected chi connectivity index (χ0v) is 16.6. The molecule has 1 N–H and O–H groups in total. The predicted octanol–water partition coefficient (Wildman–Crippen LogP) is 3.80. The monoisotopic (exact) mass is 374 g/mol. The number of aryl methyl sites for hydroxylation is 3. The lowest BCUT2D eigenvalue weighted by molar-refractivity contribution is -0.116. The van der Waals surface area contributed by atoms with Crippen LogP contribution in [0.2, 0.25) is 0 Å². The summed E-state index contributed by atoms with van der Waals surface area (Å²) in [5, 5.41) is 2.85. The summed E-state index contributed by atoms with van der Waals surface area (Å²) < 4.78 is 25.8. The van der Waals surface area contributed by atoms with E-state index >= 15 is 0 Å². The van der Waals surface area contributed by atoms with Gasteiger partial charge in [-0.3, -0.25) is 9.10 Å². The van der Waals surface area contributed by atoms with E-state index in [1.807, 2.05) is 63.2 Å². The maximum atomic E-state index is 12.2. The van der Waals surface area contributed by atoms with Crippen LogP contribution < -0.4 is 9.62 Å². The van der Waals surface area contributed by atoms with Crippen molar-refractivity contribution in [3.8, 4) is 0 Å². The minimum absolute atomic E-state index is 0.120. The summed E-state index contributed by atoms with van der Waals surface area (Å²) in [4.78, 5) is 12.1. The first-order valence-electron chi connectivity index (χ1n) is 8.58. The number of anilines is 2. The first-order chi connectivity index (χ1) is 12.2. The van der Waals surface area contributed by atoms with Gasteiger partial charge in [-0.25, -0.2) is 8.42 Å². The highest BCUT2D eigenvalue weighted by atomic mass is 32.2. The van der Waals surface area contributed by atoms with Crippen LogP contribution in [-0.2, 0) is 14.8 Å². The summed E-state index contributed by atoms with van der Waals surface area (Å²) >= 11 is 0. The number of carbonyl (C=O) groups excluding carboxylic acids is 1. The van der Waals surface area contributed by atoms with Crippen molar-refractivity contribution in [3.05, 3.63) is 59.2 Å². The highest BCUT2D eigenvalue weighted by Crippen LogP contribution is 2.24. The number of hydrogen-bond acceptors (Lipinski definition) is 3. The standard InChI is InChI=1S/C20H26N2O3S/c1-15-7-5-8-18(13-15)21-20(23)9-6-12-22(26(4,24)25)19-14-16(2)10-11-17(19)3/h5,7-8,10-11,13-14H,6,9,12H2,1-4H3,(H,21,23). The van der Waals surface area contributed by atoms with Crippen LogP contribution >= 0.6 is 0 Å². The Morgan fingerprint density at radius 2 is 1.73 bits per heavy atom. The molecule has 140 valence electrons. The van der Waals surface area contributed by atoms with E-state index in [0.29, 0.717) is 12.1 Å². The van der Waals surface area contributed by atoms with E-state index in [4.69, 9.17) is 0 Å². The highest BCUT2D eigenvalue weighted by Gasteiger charge is 2.19. The van der Waals surface area contributed by atoms with Gasteiger partial charge in [0.05, 0.1) is 11.9 Å². The van der Waals surface area contributed by atoms with Crippen molar-refractivity contribution in [1.82, 2.24) is 0 Å². The van der Waals surface area contributed by atoms with E-state index in [9.17, 15) is 13.2 Å². The average molecular weight is 375 g/mol. The number of carbonyl (C=O) groups is 1. The van der Waals surface area contributed by atoms with E-state index < -0.39 is 10.0 Å². The van der Waals surface area contributed by atoms with Gasteiger partial charge in [-0.1, -0.05) is 24.3 Å². The summed E-state index contributed by atoms with van der Waals surface area (Å²) in [7, 11) is -3.42. The van der Waals surface area contributed by atoms with Crippen molar-refractivity contribution in [2.75, 3.05) is 22.4 Å². The third-order valence-corrected chi connectivity index (χ3v) is 5.28. The number of benzene rings is 2. The van der Waals surface area contributed by atoms with Crippen molar-refractivity contribution in [1.29, 1.82) is 0 Å². The van der Waals surface area contributed by atoms with Crippen molar-refractivity contribution >= 4 is 27.3 Å². The summed E-state index contributed by atoms with van der Waals surface area (Å²) in [5.41, 5.74) is 4.39. The molecule has 0 heterocycles. The lowest BCUT2D eigenvalue weighted by atomic mass is 10.1. The van der Waals surface area contributed by atoms with E-state index in [1.165, 1.54) is 10.6 Å². The molecule has 0 aliphatic carbocycles. The second-order valence-corrected chi connectivity index (χ2v) is 8.55. The van der Waals surface area contributed by atoms with Gasteiger partial charge in [0.2, 0.25) is 15.9 Å². The van der Waals surface area contributed by atoms with Crippen molar-refractivity contribution in [2.45, 2.75) is 33.6 Å². The summed E-state index contributed by atoms with van der Waals surface area (Å²) in [6.45, 7) is 6.05. The van der Waals surface area contributed by atoms with Gasteiger partial charge in [0.15, 0.2) is 0 Å².